The monoisotopic (exact) mass is 602 g/mol. The molecule has 2 aromatic heterocycles. The quantitative estimate of drug-likeness (QED) is 0.174. The van der Waals surface area contributed by atoms with Gasteiger partial charge in [-0.1, -0.05) is 39.0 Å². The van der Waals surface area contributed by atoms with Gasteiger partial charge in [-0.15, -0.1) is 0 Å². The van der Waals surface area contributed by atoms with Gasteiger partial charge in [-0.05, 0) is 43.0 Å². The van der Waals surface area contributed by atoms with Gasteiger partial charge in [0.25, 0.3) is 0 Å². The van der Waals surface area contributed by atoms with E-state index < -0.39 is 50.3 Å². The largest absolute Gasteiger partial charge is 0.464 e. The zero-order chi connectivity index (χ0) is 30.7. The third-order valence-corrected chi connectivity index (χ3v) is 8.78. The van der Waals surface area contributed by atoms with Gasteiger partial charge in [0.1, 0.15) is 48.0 Å². The number of aromatic nitrogens is 3. The Bertz CT molecular complexity index is 1490. The molecule has 1 aromatic carbocycles. The number of nitriles is 1. The summed E-state index contributed by atoms with van der Waals surface area (Å²) in [7, 11) is -4.33. The third kappa shape index (κ3) is 6.42. The van der Waals surface area contributed by atoms with E-state index >= 15 is 0 Å². The molecule has 226 valence electrons. The number of anilines is 1. The minimum atomic E-state index is -4.33. The average Bonchev–Trinajstić information content (AvgIpc) is 3.51. The molecule has 0 saturated carbocycles. The number of hydrogen-bond donors (Lipinski definition) is 4. The van der Waals surface area contributed by atoms with Crippen LogP contribution in [0.15, 0.2) is 48.8 Å². The number of nitrogens with two attached hydrogens (primary N) is 1. The number of carbonyl (C=O) groups excluding carboxylic acids is 1. The number of nitrogens with zero attached hydrogens (tertiary/aromatic N) is 4. The lowest BCUT2D eigenvalue weighted by Gasteiger charge is -2.26. The number of rotatable bonds is 12. The number of aliphatic hydroxyl groups excluding tert-OH is 2. The second kappa shape index (κ2) is 12.3. The Balaban J connectivity index is 1.54. The Labute approximate surface area is 242 Å². The fourth-order valence-corrected chi connectivity index (χ4v) is 5.72. The predicted molar refractivity (Wildman–Crippen MR) is 150 cm³/mol. The van der Waals surface area contributed by atoms with Gasteiger partial charge < -0.3 is 29.9 Å². The molecular formula is C27H35N6O8P. The van der Waals surface area contributed by atoms with Gasteiger partial charge in [0.05, 0.1) is 18.9 Å². The summed E-state index contributed by atoms with van der Waals surface area (Å²) >= 11 is 0. The summed E-state index contributed by atoms with van der Waals surface area (Å²) in [5.74, 6) is -0.361. The van der Waals surface area contributed by atoms with Crippen molar-refractivity contribution < 1.29 is 38.1 Å². The van der Waals surface area contributed by atoms with Crippen molar-refractivity contribution in [3.63, 3.8) is 0 Å². The molecule has 1 fully saturated rings. The highest BCUT2D eigenvalue weighted by atomic mass is 31.2. The second-order valence-corrected chi connectivity index (χ2v) is 12.5. The molecule has 0 aliphatic carbocycles. The molecule has 1 saturated heterocycles. The molecule has 15 heteroatoms. The average molecular weight is 603 g/mol. The Morgan fingerprint density at radius 2 is 2.02 bits per heavy atom. The van der Waals surface area contributed by atoms with E-state index in [4.69, 9.17) is 24.3 Å². The van der Waals surface area contributed by atoms with E-state index in [1.165, 1.54) is 23.8 Å². The van der Waals surface area contributed by atoms with Gasteiger partial charge in [0.15, 0.2) is 5.82 Å². The number of para-hydroxylation sites is 1. The molecule has 5 N–H and O–H groups in total. The molecule has 0 bridgehead atoms. The highest BCUT2D eigenvalue weighted by Gasteiger charge is 2.58. The van der Waals surface area contributed by atoms with Crippen LogP contribution in [0.5, 0.6) is 5.75 Å². The van der Waals surface area contributed by atoms with Crippen molar-refractivity contribution in [3.05, 3.63) is 54.5 Å². The first-order chi connectivity index (χ1) is 19.8. The van der Waals surface area contributed by atoms with Crippen LogP contribution in [0.3, 0.4) is 0 Å². The molecular weight excluding hydrogens is 567 g/mol. The Morgan fingerprint density at radius 1 is 1.31 bits per heavy atom. The number of benzene rings is 1. The maximum absolute atomic E-state index is 13.9. The summed E-state index contributed by atoms with van der Waals surface area (Å²) in [6.45, 7) is 6.88. The number of esters is 1. The SMILES string of the molecule is CCC(C)(C)COC(=O)[C@H](C)NP(=O)(OC[C@H]1O[C@@](C#N)(c2ccc3c(N)ncnn23)[C@H](O)[C@@H]1O)Oc1ccccc1. The second-order valence-electron chi connectivity index (χ2n) is 10.8. The van der Waals surface area contributed by atoms with Gasteiger partial charge in [-0.3, -0.25) is 9.32 Å². The number of ether oxygens (including phenoxy) is 2. The fraction of sp³-hybridized carbons (Fsp3) is 0.481. The van der Waals surface area contributed by atoms with Crippen molar-refractivity contribution in [2.45, 2.75) is 64.1 Å². The van der Waals surface area contributed by atoms with Crippen molar-refractivity contribution in [1.29, 1.82) is 5.26 Å². The highest BCUT2D eigenvalue weighted by molar-refractivity contribution is 7.52. The van der Waals surface area contributed by atoms with E-state index in [0.717, 1.165) is 6.42 Å². The molecule has 14 nitrogen and oxygen atoms in total. The fourth-order valence-electron chi connectivity index (χ4n) is 4.22. The first-order valence-electron chi connectivity index (χ1n) is 13.3. The number of hydrogen-bond acceptors (Lipinski definition) is 12. The van der Waals surface area contributed by atoms with Gasteiger partial charge >= 0.3 is 13.7 Å². The maximum Gasteiger partial charge on any atom is 0.459 e. The van der Waals surface area contributed by atoms with E-state index in [9.17, 15) is 24.8 Å². The molecule has 1 aliphatic rings. The van der Waals surface area contributed by atoms with Crippen LogP contribution < -0.4 is 15.3 Å². The van der Waals surface area contributed by atoms with Crippen LogP contribution in [-0.2, 0) is 29.0 Å². The molecule has 42 heavy (non-hydrogen) atoms. The van der Waals surface area contributed by atoms with Crippen molar-refractivity contribution in [2.75, 3.05) is 18.9 Å². The molecule has 1 aliphatic heterocycles. The summed E-state index contributed by atoms with van der Waals surface area (Å²) in [4.78, 5) is 16.6. The molecule has 4 rings (SSSR count). The normalized spacial score (nSPS) is 24.5. The van der Waals surface area contributed by atoms with Crippen LogP contribution in [0.25, 0.3) is 5.52 Å². The number of carbonyl (C=O) groups is 1. The van der Waals surface area contributed by atoms with Gasteiger partial charge in [0.2, 0.25) is 5.60 Å². The van der Waals surface area contributed by atoms with Crippen LogP contribution in [0.4, 0.5) is 5.82 Å². The summed E-state index contributed by atoms with van der Waals surface area (Å²) in [6, 6.07) is 12.0. The van der Waals surface area contributed by atoms with Gasteiger partial charge in [-0.2, -0.15) is 15.4 Å². The van der Waals surface area contributed by atoms with Crippen molar-refractivity contribution in [2.24, 2.45) is 5.41 Å². The molecule has 0 spiro atoms. The Morgan fingerprint density at radius 3 is 2.69 bits per heavy atom. The highest BCUT2D eigenvalue weighted by Crippen LogP contribution is 2.47. The van der Waals surface area contributed by atoms with Crippen LogP contribution in [0.2, 0.25) is 0 Å². The minimum absolute atomic E-state index is 0.0939. The van der Waals surface area contributed by atoms with E-state index in [1.807, 2.05) is 26.8 Å². The topological polar surface area (TPSA) is 204 Å². The number of nitrogens with one attached hydrogen (secondary N) is 1. The Kier molecular flexibility index (Phi) is 9.22. The van der Waals surface area contributed by atoms with Crippen LogP contribution in [0.1, 0.15) is 39.8 Å². The first-order valence-corrected chi connectivity index (χ1v) is 14.9. The number of nitrogen functional groups attached to an aromatic ring is 1. The zero-order valence-electron chi connectivity index (χ0n) is 23.7. The van der Waals surface area contributed by atoms with Gasteiger partial charge in [0, 0.05) is 0 Å². The summed E-state index contributed by atoms with van der Waals surface area (Å²) in [5, 5.41) is 38.7. The lowest BCUT2D eigenvalue weighted by atomic mass is 9.92. The van der Waals surface area contributed by atoms with E-state index in [0.29, 0.717) is 5.52 Å². The molecule has 0 radical (unpaired) electrons. The third-order valence-electron chi connectivity index (χ3n) is 7.13. The summed E-state index contributed by atoms with van der Waals surface area (Å²) in [6.07, 6.45) is -2.78. The van der Waals surface area contributed by atoms with Crippen LogP contribution in [0, 0.1) is 16.7 Å². The molecule has 0 amide bonds. The Hall–Kier alpha value is -3.57. The van der Waals surface area contributed by atoms with Crippen LogP contribution in [-0.4, -0.2) is 68.3 Å². The first kappa shape index (κ1) is 31.4. The smallest absolute Gasteiger partial charge is 0.459 e. The minimum Gasteiger partial charge on any atom is -0.464 e. The van der Waals surface area contributed by atoms with E-state index in [-0.39, 0.29) is 29.3 Å². The maximum atomic E-state index is 13.9. The molecule has 3 aromatic rings. The molecule has 1 unspecified atom stereocenters. The predicted octanol–water partition coefficient (Wildman–Crippen LogP) is 2.31. The number of fused-ring (bicyclic) bond motifs is 1. The number of aliphatic hydroxyl groups is 2. The molecule has 3 heterocycles. The van der Waals surface area contributed by atoms with E-state index in [2.05, 4.69) is 15.2 Å². The van der Waals surface area contributed by atoms with Crippen molar-refractivity contribution >= 4 is 25.1 Å². The van der Waals surface area contributed by atoms with E-state index in [1.54, 1.807) is 36.4 Å². The van der Waals surface area contributed by atoms with Gasteiger partial charge in [-0.25, -0.2) is 14.1 Å². The lowest BCUT2D eigenvalue weighted by Crippen LogP contribution is -2.41. The zero-order valence-corrected chi connectivity index (χ0v) is 24.6. The summed E-state index contributed by atoms with van der Waals surface area (Å²) in [5.41, 5.74) is 4.02. The van der Waals surface area contributed by atoms with Crippen LogP contribution >= 0.6 is 7.75 Å². The summed E-state index contributed by atoms with van der Waals surface area (Å²) < 4.78 is 37.8. The van der Waals surface area contributed by atoms with Crippen molar-refractivity contribution in [1.82, 2.24) is 19.7 Å². The lowest BCUT2D eigenvalue weighted by molar-refractivity contribution is -0.148. The van der Waals surface area contributed by atoms with Crippen molar-refractivity contribution in [3.8, 4) is 11.8 Å². The standard InChI is InChI=1S/C27H35N6O8P/c1-5-26(3,4)15-38-25(36)17(2)32-42(37,41-18-9-7-6-8-10-18)39-13-20-22(34)23(35)27(14-28,40-20)21-12-11-19-24(29)30-16-31-33(19)21/h6-12,16-17,20,22-23,34-35H,5,13,15H2,1-4H3,(H,32,37)(H2,29,30,31)/t17-,20+,22+,23+,27-,42?/m0/s1. The molecule has 6 atom stereocenters.